The molecule has 0 radical (unpaired) electrons. The van der Waals surface area contributed by atoms with E-state index in [9.17, 15) is 13.2 Å². The van der Waals surface area contributed by atoms with Crippen molar-refractivity contribution >= 4 is 26.8 Å². The highest BCUT2D eigenvalue weighted by Crippen LogP contribution is 2.44. The van der Waals surface area contributed by atoms with Crippen LogP contribution in [0.1, 0.15) is 76.3 Å². The van der Waals surface area contributed by atoms with Crippen LogP contribution in [0, 0.1) is 0 Å². The van der Waals surface area contributed by atoms with Crippen LogP contribution in [0.5, 0.6) is 5.88 Å². The van der Waals surface area contributed by atoms with Gasteiger partial charge in [-0.3, -0.25) is 14.3 Å². The molecule has 0 aromatic carbocycles. The van der Waals surface area contributed by atoms with E-state index >= 15 is 0 Å². The second-order valence-corrected chi connectivity index (χ2v) is 12.2. The van der Waals surface area contributed by atoms with E-state index in [1.54, 1.807) is 30.9 Å². The number of methoxy groups -OCH3 is 1. The van der Waals surface area contributed by atoms with Crippen LogP contribution >= 0.6 is 0 Å². The molecule has 0 amide bonds. The quantitative estimate of drug-likeness (QED) is 0.298. The summed E-state index contributed by atoms with van der Waals surface area (Å²) in [6, 6.07) is 2.56. The summed E-state index contributed by atoms with van der Waals surface area (Å²) < 4.78 is 31.4. The topological polar surface area (TPSA) is 155 Å². The van der Waals surface area contributed by atoms with Gasteiger partial charge in [-0.2, -0.15) is 0 Å². The van der Waals surface area contributed by atoms with Gasteiger partial charge in [-0.15, -0.1) is 0 Å². The van der Waals surface area contributed by atoms with E-state index in [0.29, 0.717) is 46.5 Å². The van der Waals surface area contributed by atoms with Crippen molar-refractivity contribution in [2.45, 2.75) is 69.9 Å². The Morgan fingerprint density at radius 3 is 2.48 bits per heavy atom. The van der Waals surface area contributed by atoms with Gasteiger partial charge in [0.1, 0.15) is 17.4 Å². The van der Waals surface area contributed by atoms with Crippen molar-refractivity contribution in [1.82, 2.24) is 34.5 Å². The first-order valence-corrected chi connectivity index (χ1v) is 15.0. The van der Waals surface area contributed by atoms with E-state index < -0.39 is 15.9 Å². The van der Waals surface area contributed by atoms with E-state index in [2.05, 4.69) is 30.2 Å². The minimum atomic E-state index is -3.36. The molecule has 5 rings (SSSR count). The van der Waals surface area contributed by atoms with Crippen LogP contribution in [0.25, 0.3) is 22.6 Å². The van der Waals surface area contributed by atoms with Gasteiger partial charge in [-0.05, 0) is 45.2 Å². The maximum absolute atomic E-state index is 13.8. The number of sulfone groups is 1. The van der Waals surface area contributed by atoms with E-state index in [1.165, 1.54) is 18.6 Å². The molecular weight excluding hydrogens is 532 g/mol. The molecule has 1 N–H and O–H groups in total. The lowest BCUT2D eigenvalue weighted by Crippen LogP contribution is -2.29. The lowest BCUT2D eigenvalue weighted by molar-refractivity contribution is 0.397. The number of rotatable bonds is 10. The minimum absolute atomic E-state index is 0.00620. The Hall–Kier alpha value is -4.00. The first-order valence-electron chi connectivity index (χ1n) is 13.3. The Balaban J connectivity index is 1.57. The molecule has 1 aliphatic rings. The number of pyridine rings is 1. The molecule has 2 atom stereocenters. The summed E-state index contributed by atoms with van der Waals surface area (Å²) in [7, 11) is -1.81. The van der Waals surface area contributed by atoms with Crippen molar-refractivity contribution in [2.24, 2.45) is 0 Å². The fraction of sp³-hybridized carbons (Fsp3) is 0.444. The summed E-state index contributed by atoms with van der Waals surface area (Å²) in [6.07, 6.45) is 7.16. The van der Waals surface area contributed by atoms with Crippen molar-refractivity contribution in [3.8, 4) is 17.3 Å². The predicted molar refractivity (Wildman–Crippen MR) is 150 cm³/mol. The maximum atomic E-state index is 13.8. The third-order valence-corrected chi connectivity index (χ3v) is 8.90. The molecule has 1 saturated carbocycles. The molecule has 1 fully saturated rings. The molecule has 1 aliphatic carbocycles. The van der Waals surface area contributed by atoms with Crippen LogP contribution in [-0.2, 0) is 9.84 Å². The van der Waals surface area contributed by atoms with Crippen molar-refractivity contribution in [3.63, 3.8) is 0 Å². The average Bonchev–Trinajstić information content (AvgIpc) is 3.82. The maximum Gasteiger partial charge on any atom is 0.295 e. The zero-order chi connectivity index (χ0) is 28.6. The average molecular weight is 565 g/mol. The minimum Gasteiger partial charge on any atom is -0.480 e. The molecular formula is C27H32N8O4S. The summed E-state index contributed by atoms with van der Waals surface area (Å²) in [4.78, 5) is 41.0. The molecule has 0 bridgehead atoms. The molecule has 4 aromatic rings. The number of ether oxygens (including phenoxy) is 1. The van der Waals surface area contributed by atoms with Crippen molar-refractivity contribution < 1.29 is 13.2 Å². The lowest BCUT2D eigenvalue weighted by atomic mass is 10.1. The van der Waals surface area contributed by atoms with Gasteiger partial charge in [-0.25, -0.2) is 33.3 Å². The number of hydrogen-bond acceptors (Lipinski definition) is 11. The zero-order valence-electron chi connectivity index (χ0n) is 23.1. The lowest BCUT2D eigenvalue weighted by Gasteiger charge is -2.20. The number of nitrogens with zero attached hydrogens (tertiary/aromatic N) is 7. The van der Waals surface area contributed by atoms with Crippen LogP contribution < -0.4 is 15.6 Å². The van der Waals surface area contributed by atoms with Crippen LogP contribution in [0.4, 0.5) is 5.82 Å². The Morgan fingerprint density at radius 1 is 1.07 bits per heavy atom. The fourth-order valence-corrected chi connectivity index (χ4v) is 5.32. The zero-order valence-corrected chi connectivity index (χ0v) is 23.9. The molecule has 4 heterocycles. The molecule has 40 heavy (non-hydrogen) atoms. The van der Waals surface area contributed by atoms with Crippen LogP contribution in [-0.4, -0.2) is 55.8 Å². The Bertz CT molecular complexity index is 1720. The molecule has 210 valence electrons. The second-order valence-electron chi connectivity index (χ2n) is 9.90. The summed E-state index contributed by atoms with van der Waals surface area (Å²) in [5, 5.41) is 3.16. The monoisotopic (exact) mass is 564 g/mol. The van der Waals surface area contributed by atoms with Crippen LogP contribution in [0.2, 0.25) is 0 Å². The van der Waals surface area contributed by atoms with Crippen molar-refractivity contribution in [2.75, 3.05) is 18.2 Å². The molecule has 0 saturated heterocycles. The van der Waals surface area contributed by atoms with Crippen LogP contribution in [0.3, 0.4) is 0 Å². The summed E-state index contributed by atoms with van der Waals surface area (Å²) in [5.74, 6) is 1.19. The fourth-order valence-electron chi connectivity index (χ4n) is 4.50. The predicted octanol–water partition coefficient (Wildman–Crippen LogP) is 3.86. The number of fused-ring (bicyclic) bond motifs is 1. The number of anilines is 1. The standard InChI is InChI=1S/C27H32N8O4S/c1-6-15(3)35-25-20(13-29-23(34-25)21-22(17-8-9-17)30-14-31-26(21)39-5)33-24(27(35)36)32-16(4)19-11-10-18(12-28-19)40(37,38)7-2/h10-17H,6-9H2,1-5H3,(H,32,33)/t15-,16-/m1/s1. The van der Waals surface area contributed by atoms with E-state index in [0.717, 1.165) is 18.5 Å². The molecule has 0 aliphatic heterocycles. The SMILES string of the molecule is CC[C@@H](C)n1c(=O)c(N[C@H](C)c2ccc(S(=O)(=O)CC)cn2)nc2cnc(-c3c(OC)ncnc3C3CC3)nc21. The van der Waals surface area contributed by atoms with Gasteiger partial charge in [0.05, 0.1) is 41.4 Å². The Morgan fingerprint density at radius 2 is 1.85 bits per heavy atom. The smallest absolute Gasteiger partial charge is 0.295 e. The van der Waals surface area contributed by atoms with Gasteiger partial charge in [0, 0.05) is 18.2 Å². The first kappa shape index (κ1) is 27.6. The first-order chi connectivity index (χ1) is 19.2. The number of nitrogens with one attached hydrogen (secondary N) is 1. The van der Waals surface area contributed by atoms with E-state index in [1.807, 2.05) is 20.8 Å². The normalized spacial score (nSPS) is 15.1. The van der Waals surface area contributed by atoms with Gasteiger partial charge in [0.25, 0.3) is 5.56 Å². The van der Waals surface area contributed by atoms with Gasteiger partial charge in [-0.1, -0.05) is 13.8 Å². The highest BCUT2D eigenvalue weighted by molar-refractivity contribution is 7.91. The molecule has 4 aromatic heterocycles. The number of aromatic nitrogens is 7. The second kappa shape index (κ2) is 10.9. The third-order valence-electron chi connectivity index (χ3n) is 7.18. The van der Waals surface area contributed by atoms with E-state index in [-0.39, 0.29) is 28.1 Å². The Labute approximate surface area is 232 Å². The molecule has 12 nitrogen and oxygen atoms in total. The summed E-state index contributed by atoms with van der Waals surface area (Å²) in [6.45, 7) is 7.36. The summed E-state index contributed by atoms with van der Waals surface area (Å²) >= 11 is 0. The molecule has 0 spiro atoms. The molecule has 13 heteroatoms. The highest BCUT2D eigenvalue weighted by Gasteiger charge is 2.31. The Kier molecular flexibility index (Phi) is 7.49. The van der Waals surface area contributed by atoms with Gasteiger partial charge in [0.2, 0.25) is 5.88 Å². The third kappa shape index (κ3) is 5.12. The number of hydrogen-bond donors (Lipinski definition) is 1. The van der Waals surface area contributed by atoms with Crippen molar-refractivity contribution in [1.29, 1.82) is 0 Å². The van der Waals surface area contributed by atoms with Crippen LogP contribution in [0.15, 0.2) is 40.5 Å². The largest absolute Gasteiger partial charge is 0.480 e. The van der Waals surface area contributed by atoms with Crippen molar-refractivity contribution in [3.05, 3.63) is 52.6 Å². The summed E-state index contributed by atoms with van der Waals surface area (Å²) in [5.41, 5.74) is 2.56. The van der Waals surface area contributed by atoms with Gasteiger partial charge in [0.15, 0.2) is 27.1 Å². The van der Waals surface area contributed by atoms with E-state index in [4.69, 9.17) is 9.72 Å². The van der Waals surface area contributed by atoms with Gasteiger partial charge < -0.3 is 10.1 Å². The highest BCUT2D eigenvalue weighted by atomic mass is 32.2. The van der Waals surface area contributed by atoms with Gasteiger partial charge >= 0.3 is 0 Å². The molecule has 0 unspecified atom stereocenters.